The van der Waals surface area contributed by atoms with Gasteiger partial charge in [-0.15, -0.1) is 0 Å². The Morgan fingerprint density at radius 3 is 2.52 bits per heavy atom. The highest BCUT2D eigenvalue weighted by molar-refractivity contribution is 5.84. The molecule has 0 amide bonds. The lowest BCUT2D eigenvalue weighted by atomic mass is 10.1. The number of rotatable bonds is 2. The standard InChI is InChI=1S/C18H19N3/c1-12-4-8-17(13(2)10-12)21(3)18-9-5-14-11-15(19)6-7-16(14)20-18/h4-11H,19H2,1-3H3. The first-order chi connectivity index (χ1) is 10.0. The Balaban J connectivity index is 2.04. The molecule has 3 heteroatoms. The molecule has 3 nitrogen and oxygen atoms in total. The zero-order chi connectivity index (χ0) is 15.0. The van der Waals surface area contributed by atoms with Gasteiger partial charge in [0.2, 0.25) is 0 Å². The molecule has 0 aliphatic rings. The van der Waals surface area contributed by atoms with E-state index >= 15 is 0 Å². The van der Waals surface area contributed by atoms with Crippen molar-refractivity contribution < 1.29 is 0 Å². The lowest BCUT2D eigenvalue weighted by molar-refractivity contribution is 1.13. The van der Waals surface area contributed by atoms with Gasteiger partial charge in [0.25, 0.3) is 0 Å². The Labute approximate surface area is 125 Å². The molecule has 0 bridgehead atoms. The highest BCUT2D eigenvalue weighted by atomic mass is 15.2. The van der Waals surface area contributed by atoms with Crippen molar-refractivity contribution in [2.24, 2.45) is 0 Å². The molecule has 0 unspecified atom stereocenters. The van der Waals surface area contributed by atoms with Crippen LogP contribution in [0.25, 0.3) is 10.9 Å². The third-order valence-corrected chi connectivity index (χ3v) is 3.76. The molecular weight excluding hydrogens is 258 g/mol. The molecular formula is C18H19N3. The van der Waals surface area contributed by atoms with Gasteiger partial charge in [0.15, 0.2) is 0 Å². The van der Waals surface area contributed by atoms with Gasteiger partial charge in [0.1, 0.15) is 5.82 Å². The van der Waals surface area contributed by atoms with Crippen LogP contribution >= 0.6 is 0 Å². The van der Waals surface area contributed by atoms with Gasteiger partial charge < -0.3 is 10.6 Å². The van der Waals surface area contributed by atoms with E-state index in [-0.39, 0.29) is 0 Å². The van der Waals surface area contributed by atoms with Crippen LogP contribution < -0.4 is 10.6 Å². The normalized spacial score (nSPS) is 10.8. The van der Waals surface area contributed by atoms with E-state index in [1.54, 1.807) is 0 Å². The second-order valence-electron chi connectivity index (χ2n) is 5.47. The third-order valence-electron chi connectivity index (χ3n) is 3.76. The van der Waals surface area contributed by atoms with Gasteiger partial charge >= 0.3 is 0 Å². The summed E-state index contributed by atoms with van der Waals surface area (Å²) in [6.07, 6.45) is 0. The summed E-state index contributed by atoms with van der Waals surface area (Å²) >= 11 is 0. The SMILES string of the molecule is Cc1ccc(N(C)c2ccc3cc(N)ccc3n2)c(C)c1. The third kappa shape index (κ3) is 2.55. The maximum absolute atomic E-state index is 5.81. The fourth-order valence-corrected chi connectivity index (χ4v) is 2.63. The lowest BCUT2D eigenvalue weighted by Gasteiger charge is -2.21. The van der Waals surface area contributed by atoms with Gasteiger partial charge in [-0.25, -0.2) is 4.98 Å². The van der Waals surface area contributed by atoms with E-state index in [0.717, 1.165) is 22.4 Å². The largest absolute Gasteiger partial charge is 0.399 e. The number of aromatic nitrogens is 1. The zero-order valence-corrected chi connectivity index (χ0v) is 12.6. The fraction of sp³-hybridized carbons (Fsp3) is 0.167. The molecule has 0 fully saturated rings. The Bertz CT molecular complexity index is 809. The summed E-state index contributed by atoms with van der Waals surface area (Å²) in [6.45, 7) is 4.23. The van der Waals surface area contributed by atoms with E-state index in [2.05, 4.69) is 43.0 Å². The number of nitrogens with zero attached hydrogens (tertiary/aromatic N) is 2. The molecule has 2 aromatic carbocycles. The van der Waals surface area contributed by atoms with E-state index < -0.39 is 0 Å². The molecule has 3 rings (SSSR count). The molecule has 3 aromatic rings. The van der Waals surface area contributed by atoms with Crippen LogP contribution in [0.4, 0.5) is 17.2 Å². The van der Waals surface area contributed by atoms with Gasteiger partial charge in [0.05, 0.1) is 5.52 Å². The molecule has 0 atom stereocenters. The van der Waals surface area contributed by atoms with Crippen molar-refractivity contribution in [3.63, 3.8) is 0 Å². The predicted octanol–water partition coefficient (Wildman–Crippen LogP) is 4.20. The molecule has 1 heterocycles. The Morgan fingerprint density at radius 1 is 0.952 bits per heavy atom. The number of pyridine rings is 1. The average molecular weight is 277 g/mol. The Kier molecular flexibility index (Phi) is 3.26. The molecule has 106 valence electrons. The summed E-state index contributed by atoms with van der Waals surface area (Å²) in [5, 5.41) is 1.06. The smallest absolute Gasteiger partial charge is 0.133 e. The van der Waals surface area contributed by atoms with Crippen LogP contribution in [0.15, 0.2) is 48.5 Å². The number of anilines is 3. The van der Waals surface area contributed by atoms with Crippen molar-refractivity contribution >= 4 is 28.1 Å². The van der Waals surface area contributed by atoms with Gasteiger partial charge in [0, 0.05) is 23.8 Å². The van der Waals surface area contributed by atoms with Crippen molar-refractivity contribution in [3.8, 4) is 0 Å². The minimum atomic E-state index is 0.764. The molecule has 0 aliphatic carbocycles. The minimum absolute atomic E-state index is 0.764. The van der Waals surface area contributed by atoms with Crippen molar-refractivity contribution in [1.82, 2.24) is 4.98 Å². The summed E-state index contributed by atoms with van der Waals surface area (Å²) in [5.41, 5.74) is 11.2. The van der Waals surface area contributed by atoms with Crippen LogP contribution in [0.1, 0.15) is 11.1 Å². The molecule has 1 aromatic heterocycles. The number of fused-ring (bicyclic) bond motifs is 1. The quantitative estimate of drug-likeness (QED) is 0.714. The van der Waals surface area contributed by atoms with Crippen LogP contribution in [-0.2, 0) is 0 Å². The minimum Gasteiger partial charge on any atom is -0.399 e. The molecule has 0 spiro atoms. The monoisotopic (exact) mass is 277 g/mol. The number of hydrogen-bond donors (Lipinski definition) is 1. The first-order valence-corrected chi connectivity index (χ1v) is 7.02. The van der Waals surface area contributed by atoms with Gasteiger partial charge in [-0.05, 0) is 55.8 Å². The lowest BCUT2D eigenvalue weighted by Crippen LogP contribution is -2.12. The van der Waals surface area contributed by atoms with E-state index in [0.29, 0.717) is 0 Å². The second kappa shape index (κ2) is 5.09. The van der Waals surface area contributed by atoms with Crippen molar-refractivity contribution in [3.05, 3.63) is 59.7 Å². The number of benzene rings is 2. The molecule has 2 N–H and O–H groups in total. The maximum Gasteiger partial charge on any atom is 0.133 e. The highest BCUT2D eigenvalue weighted by Crippen LogP contribution is 2.27. The van der Waals surface area contributed by atoms with E-state index in [9.17, 15) is 0 Å². The van der Waals surface area contributed by atoms with Gasteiger partial charge in [-0.2, -0.15) is 0 Å². The highest BCUT2D eigenvalue weighted by Gasteiger charge is 2.09. The predicted molar refractivity (Wildman–Crippen MR) is 90.1 cm³/mol. The van der Waals surface area contributed by atoms with Crippen LogP contribution in [0.5, 0.6) is 0 Å². The van der Waals surface area contributed by atoms with Crippen LogP contribution in [0, 0.1) is 13.8 Å². The molecule has 0 radical (unpaired) electrons. The summed E-state index contributed by atoms with van der Waals surface area (Å²) < 4.78 is 0. The van der Waals surface area contributed by atoms with Crippen molar-refractivity contribution in [2.45, 2.75) is 13.8 Å². The fourth-order valence-electron chi connectivity index (χ4n) is 2.63. The van der Waals surface area contributed by atoms with Crippen molar-refractivity contribution in [1.29, 1.82) is 0 Å². The van der Waals surface area contributed by atoms with Gasteiger partial charge in [-0.3, -0.25) is 0 Å². The molecule has 21 heavy (non-hydrogen) atoms. The van der Waals surface area contributed by atoms with E-state index in [1.807, 2.05) is 31.3 Å². The van der Waals surface area contributed by atoms with E-state index in [1.165, 1.54) is 16.8 Å². The number of nitrogen functional groups attached to an aromatic ring is 1. The first-order valence-electron chi connectivity index (χ1n) is 7.02. The van der Waals surface area contributed by atoms with Crippen LogP contribution in [-0.4, -0.2) is 12.0 Å². The zero-order valence-electron chi connectivity index (χ0n) is 12.6. The summed E-state index contributed by atoms with van der Waals surface area (Å²) in [4.78, 5) is 6.84. The van der Waals surface area contributed by atoms with Crippen molar-refractivity contribution in [2.75, 3.05) is 17.7 Å². The first kappa shape index (κ1) is 13.4. The Hall–Kier alpha value is -2.55. The number of hydrogen-bond acceptors (Lipinski definition) is 3. The van der Waals surface area contributed by atoms with Crippen LogP contribution in [0.2, 0.25) is 0 Å². The average Bonchev–Trinajstić information content (AvgIpc) is 2.46. The number of nitrogens with two attached hydrogens (primary N) is 1. The van der Waals surface area contributed by atoms with Crippen LogP contribution in [0.3, 0.4) is 0 Å². The molecule has 0 aliphatic heterocycles. The summed E-state index contributed by atoms with van der Waals surface area (Å²) in [5.74, 6) is 0.930. The molecule has 0 saturated carbocycles. The maximum atomic E-state index is 5.81. The Morgan fingerprint density at radius 2 is 1.76 bits per heavy atom. The second-order valence-corrected chi connectivity index (χ2v) is 5.47. The molecule has 0 saturated heterocycles. The summed E-state index contributed by atoms with van der Waals surface area (Å²) in [6, 6.07) is 16.3. The van der Waals surface area contributed by atoms with Gasteiger partial charge in [-0.1, -0.05) is 17.7 Å². The van der Waals surface area contributed by atoms with E-state index in [4.69, 9.17) is 10.7 Å². The number of aryl methyl sites for hydroxylation is 2. The topological polar surface area (TPSA) is 42.1 Å². The summed E-state index contributed by atoms with van der Waals surface area (Å²) in [7, 11) is 2.04.